The first-order chi connectivity index (χ1) is 8.56. The van der Waals surface area contributed by atoms with E-state index < -0.39 is 5.97 Å². The maximum Gasteiger partial charge on any atom is 0.354 e. The van der Waals surface area contributed by atoms with Crippen LogP contribution in [0.25, 0.3) is 0 Å². The van der Waals surface area contributed by atoms with Crippen molar-refractivity contribution in [3.8, 4) is 11.8 Å². The third-order valence-electron chi connectivity index (χ3n) is 1.95. The topological polar surface area (TPSA) is 72.3 Å². The highest BCUT2D eigenvalue weighted by Crippen LogP contribution is 2.28. The van der Waals surface area contributed by atoms with E-state index in [9.17, 15) is 4.79 Å². The van der Waals surface area contributed by atoms with Gasteiger partial charge in [-0.15, -0.1) is 0 Å². The monoisotopic (exact) mass is 284 g/mol. The fourth-order valence-electron chi connectivity index (χ4n) is 1.15. The maximum atomic E-state index is 10.7. The number of aromatic nitrogens is 2. The zero-order valence-electron chi connectivity index (χ0n) is 8.80. The quantitative estimate of drug-likeness (QED) is 0.936. The molecule has 92 valence electrons. The molecule has 5 nitrogen and oxygen atoms in total. The zero-order valence-corrected chi connectivity index (χ0v) is 10.3. The van der Waals surface area contributed by atoms with Crippen LogP contribution in [0.3, 0.4) is 0 Å². The van der Waals surface area contributed by atoms with E-state index in [4.69, 9.17) is 33.0 Å². The number of carboxylic acids is 1. The molecule has 1 heterocycles. The summed E-state index contributed by atoms with van der Waals surface area (Å²) in [5.41, 5.74) is -0.153. The first-order valence-corrected chi connectivity index (χ1v) is 5.51. The van der Waals surface area contributed by atoms with Crippen LogP contribution < -0.4 is 4.74 Å². The van der Waals surface area contributed by atoms with Gasteiger partial charge in [0, 0.05) is 12.3 Å². The molecule has 0 aliphatic heterocycles. The van der Waals surface area contributed by atoms with Crippen molar-refractivity contribution in [3.05, 3.63) is 46.2 Å². The molecular weight excluding hydrogens is 279 g/mol. The lowest BCUT2D eigenvalue weighted by molar-refractivity contribution is 0.0689. The van der Waals surface area contributed by atoms with Gasteiger partial charge in [0.2, 0.25) is 0 Å². The molecule has 1 aromatic heterocycles. The molecule has 0 bridgehead atoms. The predicted octanol–water partition coefficient (Wildman–Crippen LogP) is 3.27. The molecule has 2 aromatic rings. The van der Waals surface area contributed by atoms with Gasteiger partial charge in [0.05, 0.1) is 10.0 Å². The SMILES string of the molecule is O=C(O)c1ccnc(Oc2ccc(Cl)c(Cl)c2)n1. The second-order valence-corrected chi connectivity index (χ2v) is 4.02. The van der Waals surface area contributed by atoms with Crippen molar-refractivity contribution in [1.29, 1.82) is 0 Å². The molecule has 0 aliphatic rings. The van der Waals surface area contributed by atoms with Gasteiger partial charge in [-0.1, -0.05) is 23.2 Å². The van der Waals surface area contributed by atoms with Gasteiger partial charge >= 0.3 is 12.0 Å². The number of aromatic carboxylic acids is 1. The number of nitrogens with zero attached hydrogens (tertiary/aromatic N) is 2. The minimum absolute atomic E-state index is 0.0757. The second-order valence-electron chi connectivity index (χ2n) is 3.21. The highest BCUT2D eigenvalue weighted by molar-refractivity contribution is 6.42. The normalized spacial score (nSPS) is 10.1. The fourth-order valence-corrected chi connectivity index (χ4v) is 1.44. The van der Waals surface area contributed by atoms with Crippen molar-refractivity contribution < 1.29 is 14.6 Å². The molecule has 18 heavy (non-hydrogen) atoms. The standard InChI is InChI=1S/C11H6Cl2N2O3/c12-7-2-1-6(5-8(7)13)18-11-14-4-3-9(15-11)10(16)17/h1-5H,(H,16,17). The van der Waals surface area contributed by atoms with Gasteiger partial charge in [-0.2, -0.15) is 4.98 Å². The minimum atomic E-state index is -1.16. The molecule has 0 atom stereocenters. The van der Waals surface area contributed by atoms with Crippen molar-refractivity contribution in [2.45, 2.75) is 0 Å². The minimum Gasteiger partial charge on any atom is -0.477 e. The summed E-state index contributed by atoms with van der Waals surface area (Å²) in [6.07, 6.45) is 1.29. The number of hydrogen-bond acceptors (Lipinski definition) is 4. The van der Waals surface area contributed by atoms with Crippen molar-refractivity contribution in [3.63, 3.8) is 0 Å². The third-order valence-corrected chi connectivity index (χ3v) is 2.69. The van der Waals surface area contributed by atoms with Crippen LogP contribution in [0.5, 0.6) is 11.8 Å². The first kappa shape index (κ1) is 12.6. The number of rotatable bonds is 3. The fraction of sp³-hybridized carbons (Fsp3) is 0. The van der Waals surface area contributed by atoms with Crippen molar-refractivity contribution in [2.24, 2.45) is 0 Å². The number of halogens is 2. The number of hydrogen-bond donors (Lipinski definition) is 1. The molecule has 2 rings (SSSR count). The molecule has 0 amide bonds. The van der Waals surface area contributed by atoms with Crippen LogP contribution >= 0.6 is 23.2 Å². The van der Waals surface area contributed by atoms with E-state index in [1.165, 1.54) is 18.3 Å². The molecule has 7 heteroatoms. The summed E-state index contributed by atoms with van der Waals surface area (Å²) in [6.45, 7) is 0. The van der Waals surface area contributed by atoms with Crippen molar-refractivity contribution >= 4 is 29.2 Å². The molecular formula is C11H6Cl2N2O3. The Balaban J connectivity index is 2.25. The Labute approximate surface area is 112 Å². The summed E-state index contributed by atoms with van der Waals surface area (Å²) in [5, 5.41) is 9.49. The molecule has 0 saturated carbocycles. The number of carbonyl (C=O) groups is 1. The highest BCUT2D eigenvalue weighted by atomic mass is 35.5. The summed E-state index contributed by atoms with van der Waals surface area (Å²) in [6, 6.07) is 5.81. The number of ether oxygens (including phenoxy) is 1. The molecule has 0 fully saturated rings. The van der Waals surface area contributed by atoms with Gasteiger partial charge in [-0.25, -0.2) is 9.78 Å². The van der Waals surface area contributed by atoms with Crippen LogP contribution in [0, 0.1) is 0 Å². The van der Waals surface area contributed by atoms with E-state index in [1.54, 1.807) is 12.1 Å². The van der Waals surface area contributed by atoms with Crippen molar-refractivity contribution in [1.82, 2.24) is 9.97 Å². The van der Waals surface area contributed by atoms with Gasteiger partial charge in [-0.3, -0.25) is 0 Å². The molecule has 0 aliphatic carbocycles. The summed E-state index contributed by atoms with van der Waals surface area (Å²) >= 11 is 11.6. The van der Waals surface area contributed by atoms with Crippen LogP contribution in [0.4, 0.5) is 0 Å². The average molecular weight is 285 g/mol. The smallest absolute Gasteiger partial charge is 0.354 e. The molecule has 1 N–H and O–H groups in total. The second kappa shape index (κ2) is 5.20. The van der Waals surface area contributed by atoms with Crippen LogP contribution in [0.15, 0.2) is 30.5 Å². The van der Waals surface area contributed by atoms with Crippen LogP contribution in [-0.2, 0) is 0 Å². The first-order valence-electron chi connectivity index (χ1n) is 4.75. The summed E-state index contributed by atoms with van der Waals surface area (Å²) < 4.78 is 5.28. The largest absolute Gasteiger partial charge is 0.477 e. The van der Waals surface area contributed by atoms with Gasteiger partial charge < -0.3 is 9.84 Å². The highest BCUT2D eigenvalue weighted by Gasteiger charge is 2.08. The molecule has 1 aromatic carbocycles. The van der Waals surface area contributed by atoms with Gasteiger partial charge in [0.25, 0.3) is 0 Å². The number of benzene rings is 1. The predicted molar refractivity (Wildman–Crippen MR) is 65.5 cm³/mol. The van der Waals surface area contributed by atoms with E-state index in [-0.39, 0.29) is 11.7 Å². The van der Waals surface area contributed by atoms with Gasteiger partial charge in [0.1, 0.15) is 5.75 Å². The zero-order chi connectivity index (χ0) is 13.1. The Morgan fingerprint density at radius 3 is 2.67 bits per heavy atom. The summed E-state index contributed by atoms with van der Waals surface area (Å²) in [5.74, 6) is -0.789. The van der Waals surface area contributed by atoms with Crippen LogP contribution in [0.2, 0.25) is 10.0 Å². The maximum absolute atomic E-state index is 10.7. The summed E-state index contributed by atoms with van der Waals surface area (Å²) in [4.78, 5) is 18.2. The van der Waals surface area contributed by atoms with Crippen molar-refractivity contribution in [2.75, 3.05) is 0 Å². The average Bonchev–Trinajstić information content (AvgIpc) is 2.34. The van der Waals surface area contributed by atoms with Crippen LogP contribution in [-0.4, -0.2) is 21.0 Å². The summed E-state index contributed by atoms with van der Waals surface area (Å²) in [7, 11) is 0. The van der Waals surface area contributed by atoms with E-state index in [0.717, 1.165) is 0 Å². The lowest BCUT2D eigenvalue weighted by Crippen LogP contribution is -2.02. The third kappa shape index (κ3) is 2.88. The van der Waals surface area contributed by atoms with E-state index in [0.29, 0.717) is 15.8 Å². The molecule has 0 spiro atoms. The van der Waals surface area contributed by atoms with Crippen LogP contribution in [0.1, 0.15) is 10.5 Å². The Morgan fingerprint density at radius 2 is 2.00 bits per heavy atom. The van der Waals surface area contributed by atoms with Gasteiger partial charge in [-0.05, 0) is 18.2 Å². The van der Waals surface area contributed by atoms with E-state index in [1.807, 2.05) is 0 Å². The Morgan fingerprint density at radius 1 is 1.22 bits per heavy atom. The molecule has 0 unspecified atom stereocenters. The Kier molecular flexibility index (Phi) is 3.64. The lowest BCUT2D eigenvalue weighted by Gasteiger charge is -2.04. The number of carboxylic acid groups (broad SMARTS) is 1. The molecule has 0 saturated heterocycles. The van der Waals surface area contributed by atoms with Gasteiger partial charge in [0.15, 0.2) is 5.69 Å². The van der Waals surface area contributed by atoms with E-state index in [2.05, 4.69) is 9.97 Å². The Hall–Kier alpha value is -1.85. The molecule has 0 radical (unpaired) electrons. The lowest BCUT2D eigenvalue weighted by atomic mass is 10.3. The Bertz CT molecular complexity index is 605. The van der Waals surface area contributed by atoms with E-state index >= 15 is 0 Å².